The van der Waals surface area contributed by atoms with Crippen LogP contribution in [0, 0.1) is 0 Å². The lowest BCUT2D eigenvalue weighted by Crippen LogP contribution is -2.27. The first-order chi connectivity index (χ1) is 8.37. The van der Waals surface area contributed by atoms with Crippen LogP contribution in [-0.4, -0.2) is 24.8 Å². The minimum atomic E-state index is -0.912. The Hall–Kier alpha value is -2.17. The van der Waals surface area contributed by atoms with E-state index in [4.69, 9.17) is 0 Å². The second-order valence-corrected chi connectivity index (χ2v) is 4.66. The van der Waals surface area contributed by atoms with Crippen molar-refractivity contribution >= 4 is 23.3 Å². The van der Waals surface area contributed by atoms with E-state index in [1.54, 1.807) is 26.0 Å². The number of nitrogens with one attached hydrogen (secondary N) is 1. The largest absolute Gasteiger partial charge is 0.463 e. The summed E-state index contributed by atoms with van der Waals surface area (Å²) >= 11 is 0. The Morgan fingerprint density at radius 1 is 1.28 bits per heavy atom. The van der Waals surface area contributed by atoms with Crippen molar-refractivity contribution in [1.82, 2.24) is 0 Å². The molecule has 5 nitrogen and oxygen atoms in total. The predicted molar refractivity (Wildman–Crippen MR) is 64.4 cm³/mol. The van der Waals surface area contributed by atoms with Gasteiger partial charge in [-0.15, -0.1) is 0 Å². The van der Waals surface area contributed by atoms with E-state index in [0.717, 1.165) is 7.11 Å². The summed E-state index contributed by atoms with van der Waals surface area (Å²) in [4.78, 5) is 34.6. The Bertz CT molecular complexity index is 560. The second-order valence-electron chi connectivity index (χ2n) is 4.66. The van der Waals surface area contributed by atoms with Gasteiger partial charge in [0.2, 0.25) is 5.91 Å². The molecule has 0 bridgehead atoms. The van der Waals surface area contributed by atoms with Gasteiger partial charge in [-0.2, -0.15) is 0 Å². The van der Waals surface area contributed by atoms with Gasteiger partial charge in [-0.05, 0) is 37.6 Å². The Kier molecular flexibility index (Phi) is 2.69. The van der Waals surface area contributed by atoms with Gasteiger partial charge in [0.1, 0.15) is 0 Å². The highest BCUT2D eigenvalue weighted by atomic mass is 16.5. The SMILES string of the molecule is COC(=O)C(=O)c1ccc2c(c1)C(C)(C)C(=O)N2. The number of ether oxygens (including phenoxy) is 1. The zero-order valence-corrected chi connectivity index (χ0v) is 10.4. The summed E-state index contributed by atoms with van der Waals surface area (Å²) < 4.78 is 4.39. The monoisotopic (exact) mass is 247 g/mol. The fourth-order valence-corrected chi connectivity index (χ4v) is 1.92. The maximum absolute atomic E-state index is 11.7. The summed E-state index contributed by atoms with van der Waals surface area (Å²) in [5.74, 6) is -1.75. The van der Waals surface area contributed by atoms with Gasteiger partial charge in [0, 0.05) is 11.3 Å². The van der Waals surface area contributed by atoms with E-state index < -0.39 is 17.2 Å². The number of methoxy groups -OCH3 is 1. The molecular formula is C13H13NO4. The molecule has 1 aliphatic rings. The van der Waals surface area contributed by atoms with E-state index in [9.17, 15) is 14.4 Å². The highest BCUT2D eigenvalue weighted by Gasteiger charge is 2.38. The molecule has 0 aliphatic carbocycles. The van der Waals surface area contributed by atoms with Gasteiger partial charge in [-0.1, -0.05) is 0 Å². The number of ketones is 1. The van der Waals surface area contributed by atoms with Crippen LogP contribution in [0.25, 0.3) is 0 Å². The molecule has 0 spiro atoms. The maximum atomic E-state index is 11.7. The van der Waals surface area contributed by atoms with Crippen LogP contribution in [0.2, 0.25) is 0 Å². The second kappa shape index (κ2) is 3.94. The highest BCUT2D eigenvalue weighted by molar-refractivity contribution is 6.40. The molecular weight excluding hydrogens is 234 g/mol. The van der Waals surface area contributed by atoms with Crippen molar-refractivity contribution in [3.05, 3.63) is 29.3 Å². The van der Waals surface area contributed by atoms with Gasteiger partial charge < -0.3 is 10.1 Å². The first-order valence-electron chi connectivity index (χ1n) is 5.46. The first-order valence-corrected chi connectivity index (χ1v) is 5.46. The molecule has 1 aromatic carbocycles. The quantitative estimate of drug-likeness (QED) is 0.485. The molecule has 0 fully saturated rings. The molecule has 1 N–H and O–H groups in total. The number of fused-ring (bicyclic) bond motifs is 1. The average Bonchev–Trinajstić information content (AvgIpc) is 2.58. The minimum absolute atomic E-state index is 0.125. The normalized spacial score (nSPS) is 15.8. The van der Waals surface area contributed by atoms with Gasteiger partial charge in [0.05, 0.1) is 12.5 Å². The molecule has 0 aromatic heterocycles. The number of Topliss-reactive ketones (excluding diaryl/α,β-unsaturated/α-hetero) is 1. The smallest absolute Gasteiger partial charge is 0.379 e. The molecule has 1 aliphatic heterocycles. The van der Waals surface area contributed by atoms with E-state index in [0.29, 0.717) is 11.3 Å². The number of hydrogen-bond acceptors (Lipinski definition) is 4. The predicted octanol–water partition coefficient (Wildman–Crippen LogP) is 1.27. The van der Waals surface area contributed by atoms with Crippen LogP contribution in [0.15, 0.2) is 18.2 Å². The van der Waals surface area contributed by atoms with E-state index in [2.05, 4.69) is 10.1 Å². The summed E-state index contributed by atoms with van der Waals surface area (Å²) in [6, 6.07) is 4.68. The van der Waals surface area contributed by atoms with Crippen LogP contribution in [0.1, 0.15) is 29.8 Å². The third-order valence-electron chi connectivity index (χ3n) is 3.14. The van der Waals surface area contributed by atoms with Crippen molar-refractivity contribution < 1.29 is 19.1 Å². The van der Waals surface area contributed by atoms with Gasteiger partial charge in [0.25, 0.3) is 5.78 Å². The molecule has 2 rings (SSSR count). The Morgan fingerprint density at radius 3 is 2.56 bits per heavy atom. The summed E-state index contributed by atoms with van der Waals surface area (Å²) in [6.07, 6.45) is 0. The topological polar surface area (TPSA) is 72.5 Å². The zero-order valence-electron chi connectivity index (χ0n) is 10.4. The van der Waals surface area contributed by atoms with Crippen molar-refractivity contribution in [3.8, 4) is 0 Å². The van der Waals surface area contributed by atoms with Crippen LogP contribution in [0.4, 0.5) is 5.69 Å². The third kappa shape index (κ3) is 1.68. The molecule has 0 radical (unpaired) electrons. The molecule has 1 amide bonds. The molecule has 1 aromatic rings. The lowest BCUT2D eigenvalue weighted by molar-refractivity contribution is -0.135. The zero-order chi connectivity index (χ0) is 13.5. The van der Waals surface area contributed by atoms with Crippen LogP contribution < -0.4 is 5.32 Å². The van der Waals surface area contributed by atoms with Crippen molar-refractivity contribution in [2.24, 2.45) is 0 Å². The Balaban J connectivity index is 2.47. The van der Waals surface area contributed by atoms with Crippen molar-refractivity contribution in [3.63, 3.8) is 0 Å². The van der Waals surface area contributed by atoms with Crippen LogP contribution >= 0.6 is 0 Å². The number of rotatable bonds is 2. The minimum Gasteiger partial charge on any atom is -0.463 e. The van der Waals surface area contributed by atoms with Crippen molar-refractivity contribution in [2.45, 2.75) is 19.3 Å². The Labute approximate surface area is 104 Å². The molecule has 94 valence electrons. The molecule has 0 saturated heterocycles. The molecule has 5 heteroatoms. The summed E-state index contributed by atoms with van der Waals surface area (Å²) in [7, 11) is 1.16. The molecule has 18 heavy (non-hydrogen) atoms. The average molecular weight is 247 g/mol. The number of esters is 1. The fraction of sp³-hybridized carbons (Fsp3) is 0.308. The summed E-state index contributed by atoms with van der Waals surface area (Å²) in [5, 5.41) is 2.73. The third-order valence-corrected chi connectivity index (χ3v) is 3.14. The summed E-state index contributed by atoms with van der Waals surface area (Å²) in [6.45, 7) is 3.53. The highest BCUT2D eigenvalue weighted by Crippen LogP contribution is 2.37. The number of hydrogen-bond donors (Lipinski definition) is 1. The molecule has 1 heterocycles. The van der Waals surface area contributed by atoms with Crippen molar-refractivity contribution in [2.75, 3.05) is 12.4 Å². The van der Waals surface area contributed by atoms with Gasteiger partial charge in [0.15, 0.2) is 0 Å². The van der Waals surface area contributed by atoms with Gasteiger partial charge >= 0.3 is 5.97 Å². The summed E-state index contributed by atoms with van der Waals surface area (Å²) in [5.41, 5.74) is 0.903. The van der Waals surface area contributed by atoms with Gasteiger partial charge in [-0.25, -0.2) is 4.79 Å². The molecule has 0 unspecified atom stereocenters. The first kappa shape index (κ1) is 12.3. The molecule has 0 saturated carbocycles. The van der Waals surface area contributed by atoms with Crippen LogP contribution in [0.3, 0.4) is 0 Å². The van der Waals surface area contributed by atoms with E-state index >= 15 is 0 Å². The van der Waals surface area contributed by atoms with Crippen LogP contribution in [-0.2, 0) is 19.7 Å². The van der Waals surface area contributed by atoms with Gasteiger partial charge in [-0.3, -0.25) is 9.59 Å². The standard InChI is InChI=1S/C13H13NO4/c1-13(2)8-6-7(10(15)11(16)18-3)4-5-9(8)14-12(13)17/h4-6H,1-3H3,(H,14,17). The lowest BCUT2D eigenvalue weighted by Gasteiger charge is -2.15. The number of carbonyl (C=O) groups excluding carboxylic acids is 3. The number of benzene rings is 1. The van der Waals surface area contributed by atoms with E-state index in [1.165, 1.54) is 6.07 Å². The molecule has 0 atom stereocenters. The van der Waals surface area contributed by atoms with Crippen LogP contribution in [0.5, 0.6) is 0 Å². The lowest BCUT2D eigenvalue weighted by atomic mass is 9.85. The number of amides is 1. The van der Waals surface area contributed by atoms with E-state index in [-0.39, 0.29) is 11.5 Å². The van der Waals surface area contributed by atoms with Crippen molar-refractivity contribution in [1.29, 1.82) is 0 Å². The fourth-order valence-electron chi connectivity index (χ4n) is 1.92. The number of carbonyl (C=O) groups is 3. The van der Waals surface area contributed by atoms with E-state index in [1.807, 2.05) is 0 Å². The maximum Gasteiger partial charge on any atom is 0.379 e. The number of anilines is 1. The Morgan fingerprint density at radius 2 is 1.94 bits per heavy atom.